The molecule has 0 unspecified atom stereocenters. The van der Waals surface area contributed by atoms with Gasteiger partial charge in [0.05, 0.1) is 13.7 Å². The zero-order valence-corrected chi connectivity index (χ0v) is 9.20. The highest BCUT2D eigenvalue weighted by Crippen LogP contribution is 2.25. The lowest BCUT2D eigenvalue weighted by atomic mass is 10.1. The van der Waals surface area contributed by atoms with Crippen molar-refractivity contribution in [3.63, 3.8) is 0 Å². The Morgan fingerprint density at radius 1 is 1.62 bits per heavy atom. The van der Waals surface area contributed by atoms with Crippen LogP contribution in [0.4, 0.5) is 0 Å². The number of halogens is 1. The van der Waals surface area contributed by atoms with Crippen LogP contribution in [0.3, 0.4) is 0 Å². The summed E-state index contributed by atoms with van der Waals surface area (Å²) in [5.41, 5.74) is 1.04. The lowest BCUT2D eigenvalue weighted by Crippen LogP contribution is -1.97. The largest absolute Gasteiger partial charge is 0.495 e. The van der Waals surface area contributed by atoms with Crippen LogP contribution in [0.25, 0.3) is 0 Å². The van der Waals surface area contributed by atoms with Gasteiger partial charge in [0.25, 0.3) is 0 Å². The van der Waals surface area contributed by atoms with Gasteiger partial charge in [0.2, 0.25) is 0 Å². The Labute approximate surface area is 90.1 Å². The summed E-state index contributed by atoms with van der Waals surface area (Å²) in [6, 6.07) is 5.55. The molecule has 0 spiro atoms. The zero-order chi connectivity index (χ0) is 9.84. The van der Waals surface area contributed by atoms with Crippen molar-refractivity contribution < 1.29 is 9.84 Å². The number of nitrogens with zero attached hydrogens (tertiary/aromatic N) is 1. The molecule has 13 heavy (non-hydrogen) atoms. The van der Waals surface area contributed by atoms with Crippen LogP contribution in [0.5, 0.6) is 5.75 Å². The first-order valence-corrected chi connectivity index (χ1v) is 4.68. The van der Waals surface area contributed by atoms with Crippen LogP contribution in [-0.2, 0) is 6.61 Å². The maximum absolute atomic E-state index is 9.04. The summed E-state index contributed by atoms with van der Waals surface area (Å²) in [6.07, 6.45) is 0. The number of ether oxygens (including phenoxy) is 1. The van der Waals surface area contributed by atoms with Crippen molar-refractivity contribution in [1.82, 2.24) is 0 Å². The molecule has 0 aliphatic rings. The van der Waals surface area contributed by atoms with Gasteiger partial charge in [-0.2, -0.15) is 5.26 Å². The molecule has 0 heterocycles. The molecule has 1 rings (SSSR count). The Kier molecular flexibility index (Phi) is 3.51. The van der Waals surface area contributed by atoms with Crippen molar-refractivity contribution in [2.75, 3.05) is 7.11 Å². The molecule has 1 aromatic rings. The Hall–Kier alpha value is -0.800. The molecule has 0 amide bonds. The van der Waals surface area contributed by atoms with Gasteiger partial charge >= 0.3 is 0 Å². The maximum atomic E-state index is 9.04. The second-order valence-corrected chi connectivity index (χ2v) is 3.54. The Balaban J connectivity index is 3.39. The molecule has 0 saturated heterocycles. The minimum Gasteiger partial charge on any atom is -0.495 e. The molecule has 0 atom stereocenters. The van der Waals surface area contributed by atoms with Gasteiger partial charge in [-0.1, -0.05) is 0 Å². The van der Waals surface area contributed by atoms with Gasteiger partial charge in [0, 0.05) is 9.13 Å². The number of aliphatic hydroxyl groups excluding tert-OH is 1. The van der Waals surface area contributed by atoms with Gasteiger partial charge in [0.15, 0.2) is 0 Å². The third-order valence-electron chi connectivity index (χ3n) is 1.71. The van der Waals surface area contributed by atoms with Crippen molar-refractivity contribution in [3.05, 3.63) is 26.8 Å². The molecule has 1 N–H and O–H groups in total. The highest BCUT2D eigenvalue weighted by atomic mass is 127. The van der Waals surface area contributed by atoms with E-state index in [1.807, 2.05) is 12.1 Å². The SMILES string of the molecule is COc1ccc(I)c(CO)c1C#N. The average molecular weight is 289 g/mol. The van der Waals surface area contributed by atoms with E-state index >= 15 is 0 Å². The number of rotatable bonds is 2. The van der Waals surface area contributed by atoms with Crippen LogP contribution in [0.1, 0.15) is 11.1 Å². The first kappa shape index (κ1) is 10.3. The van der Waals surface area contributed by atoms with E-state index in [0.717, 1.165) is 3.57 Å². The summed E-state index contributed by atoms with van der Waals surface area (Å²) in [7, 11) is 1.50. The van der Waals surface area contributed by atoms with E-state index in [9.17, 15) is 0 Å². The van der Waals surface area contributed by atoms with E-state index < -0.39 is 0 Å². The van der Waals surface area contributed by atoms with Gasteiger partial charge in [-0.3, -0.25) is 0 Å². The summed E-state index contributed by atoms with van der Waals surface area (Å²) in [6.45, 7) is -0.141. The number of nitriles is 1. The van der Waals surface area contributed by atoms with Crippen molar-refractivity contribution in [2.45, 2.75) is 6.61 Å². The van der Waals surface area contributed by atoms with E-state index in [2.05, 4.69) is 22.6 Å². The van der Waals surface area contributed by atoms with E-state index in [1.165, 1.54) is 7.11 Å². The fraction of sp³-hybridized carbons (Fsp3) is 0.222. The average Bonchev–Trinajstić information content (AvgIpc) is 2.17. The molecule has 0 fully saturated rings. The monoisotopic (exact) mass is 289 g/mol. The second kappa shape index (κ2) is 4.44. The highest BCUT2D eigenvalue weighted by molar-refractivity contribution is 14.1. The molecule has 0 aliphatic carbocycles. The van der Waals surface area contributed by atoms with Crippen LogP contribution >= 0.6 is 22.6 Å². The third kappa shape index (κ3) is 1.92. The molecule has 1 aromatic carbocycles. The number of benzene rings is 1. The van der Waals surface area contributed by atoms with Gasteiger partial charge < -0.3 is 9.84 Å². The lowest BCUT2D eigenvalue weighted by Gasteiger charge is -2.07. The fourth-order valence-corrected chi connectivity index (χ4v) is 1.67. The minimum absolute atomic E-state index is 0.141. The van der Waals surface area contributed by atoms with Crippen LogP contribution in [0, 0.1) is 14.9 Å². The molecule has 3 nitrogen and oxygen atoms in total. The van der Waals surface area contributed by atoms with Gasteiger partial charge in [-0.25, -0.2) is 0 Å². The molecule has 0 aromatic heterocycles. The molecule has 68 valence electrons. The third-order valence-corrected chi connectivity index (χ3v) is 2.72. The lowest BCUT2D eigenvalue weighted by molar-refractivity contribution is 0.279. The fourth-order valence-electron chi connectivity index (χ4n) is 1.05. The maximum Gasteiger partial charge on any atom is 0.137 e. The van der Waals surface area contributed by atoms with Crippen LogP contribution in [0.15, 0.2) is 12.1 Å². The van der Waals surface area contributed by atoms with E-state index in [-0.39, 0.29) is 6.61 Å². The topological polar surface area (TPSA) is 53.2 Å². The summed E-state index contributed by atoms with van der Waals surface area (Å²) in [5.74, 6) is 0.506. The Morgan fingerprint density at radius 2 is 2.31 bits per heavy atom. The molecule has 0 radical (unpaired) electrons. The van der Waals surface area contributed by atoms with Crippen molar-refractivity contribution in [1.29, 1.82) is 5.26 Å². The molecule has 0 aliphatic heterocycles. The first-order chi connectivity index (χ1) is 6.24. The number of hydrogen-bond acceptors (Lipinski definition) is 3. The van der Waals surface area contributed by atoms with Gasteiger partial charge in [-0.15, -0.1) is 0 Å². The quantitative estimate of drug-likeness (QED) is 0.842. The van der Waals surface area contributed by atoms with E-state index in [1.54, 1.807) is 6.07 Å². The van der Waals surface area contributed by atoms with Crippen molar-refractivity contribution >= 4 is 22.6 Å². The summed E-state index contributed by atoms with van der Waals surface area (Å²) in [5, 5.41) is 17.9. The summed E-state index contributed by atoms with van der Waals surface area (Å²) in [4.78, 5) is 0. The van der Waals surface area contributed by atoms with Gasteiger partial charge in [0.1, 0.15) is 17.4 Å². The van der Waals surface area contributed by atoms with Crippen LogP contribution < -0.4 is 4.74 Å². The molecule has 0 saturated carbocycles. The smallest absolute Gasteiger partial charge is 0.137 e. The van der Waals surface area contributed by atoms with Crippen molar-refractivity contribution in [3.8, 4) is 11.8 Å². The zero-order valence-electron chi connectivity index (χ0n) is 7.04. The Morgan fingerprint density at radius 3 is 2.77 bits per heavy atom. The standard InChI is InChI=1S/C9H8INO2/c1-13-9-3-2-8(10)7(5-12)6(9)4-11/h2-3,12H,5H2,1H3. The predicted molar refractivity (Wildman–Crippen MR) is 56.3 cm³/mol. The number of aliphatic hydroxyl groups is 1. The van der Waals surface area contributed by atoms with Crippen LogP contribution in [-0.4, -0.2) is 12.2 Å². The normalized spacial score (nSPS) is 9.38. The predicted octanol–water partition coefficient (Wildman–Crippen LogP) is 1.66. The summed E-state index contributed by atoms with van der Waals surface area (Å²) < 4.78 is 5.87. The molecule has 4 heteroatoms. The second-order valence-electron chi connectivity index (χ2n) is 2.37. The molecule has 0 bridgehead atoms. The molecular formula is C9H8INO2. The minimum atomic E-state index is -0.141. The Bertz CT molecular complexity index is 357. The highest BCUT2D eigenvalue weighted by Gasteiger charge is 2.10. The number of methoxy groups -OCH3 is 1. The van der Waals surface area contributed by atoms with E-state index in [0.29, 0.717) is 16.9 Å². The van der Waals surface area contributed by atoms with Crippen LogP contribution in [0.2, 0.25) is 0 Å². The molecular weight excluding hydrogens is 281 g/mol. The van der Waals surface area contributed by atoms with Crippen molar-refractivity contribution in [2.24, 2.45) is 0 Å². The number of hydrogen-bond donors (Lipinski definition) is 1. The van der Waals surface area contributed by atoms with E-state index in [4.69, 9.17) is 15.1 Å². The van der Waals surface area contributed by atoms with Gasteiger partial charge in [-0.05, 0) is 34.7 Å². The first-order valence-electron chi connectivity index (χ1n) is 3.61. The summed E-state index contributed by atoms with van der Waals surface area (Å²) >= 11 is 2.08.